The first kappa shape index (κ1) is 14.5. The van der Waals surface area contributed by atoms with Crippen molar-refractivity contribution in [3.63, 3.8) is 0 Å². The van der Waals surface area contributed by atoms with Gasteiger partial charge in [-0.05, 0) is 23.6 Å². The summed E-state index contributed by atoms with van der Waals surface area (Å²) in [5, 5.41) is 0. The summed E-state index contributed by atoms with van der Waals surface area (Å²) < 4.78 is 11.9. The predicted molar refractivity (Wildman–Crippen MR) is 82.5 cm³/mol. The van der Waals surface area contributed by atoms with E-state index in [4.69, 9.17) is 5.73 Å². The molecule has 2 aromatic rings. The second-order valence-corrected chi connectivity index (χ2v) is 6.17. The Labute approximate surface area is 121 Å². The van der Waals surface area contributed by atoms with Crippen molar-refractivity contribution >= 4 is 16.7 Å². The molecule has 2 rings (SSSR count). The van der Waals surface area contributed by atoms with E-state index in [1.54, 1.807) is 0 Å². The van der Waals surface area contributed by atoms with Crippen LogP contribution in [0.3, 0.4) is 0 Å². The molecule has 4 heteroatoms. The van der Waals surface area contributed by atoms with Crippen LogP contribution in [0, 0.1) is 6.92 Å². The molecule has 2 aromatic carbocycles. The van der Waals surface area contributed by atoms with E-state index in [0.29, 0.717) is 5.75 Å². The normalized spacial score (nSPS) is 12.1. The fraction of sp³-hybridized carbons (Fsp3) is 0.188. The van der Waals surface area contributed by atoms with Gasteiger partial charge in [0.25, 0.3) is 0 Å². The molecule has 0 saturated heterocycles. The van der Waals surface area contributed by atoms with E-state index >= 15 is 0 Å². The van der Waals surface area contributed by atoms with Gasteiger partial charge < -0.3 is 5.73 Å². The highest BCUT2D eigenvalue weighted by molar-refractivity contribution is 7.84. The van der Waals surface area contributed by atoms with Crippen molar-refractivity contribution in [2.24, 2.45) is 5.73 Å². The highest BCUT2D eigenvalue weighted by atomic mass is 32.2. The third-order valence-corrected chi connectivity index (χ3v) is 4.24. The highest BCUT2D eigenvalue weighted by Crippen LogP contribution is 2.25. The zero-order chi connectivity index (χ0) is 14.5. The minimum absolute atomic E-state index is 0.0950. The number of nitrogens with two attached hydrogens (primary N) is 1. The topological polar surface area (TPSA) is 60.2 Å². The molecular formula is C16H17NO2S. The van der Waals surface area contributed by atoms with E-state index in [-0.39, 0.29) is 5.75 Å². The van der Waals surface area contributed by atoms with E-state index in [2.05, 4.69) is 0 Å². The lowest BCUT2D eigenvalue weighted by molar-refractivity contribution is -0.115. The van der Waals surface area contributed by atoms with Crippen LogP contribution in [0.2, 0.25) is 0 Å². The summed E-state index contributed by atoms with van der Waals surface area (Å²) in [7, 11) is -1.26. The fourth-order valence-corrected chi connectivity index (χ4v) is 3.06. The van der Waals surface area contributed by atoms with Gasteiger partial charge in [-0.3, -0.25) is 9.00 Å². The minimum Gasteiger partial charge on any atom is -0.369 e. The second-order valence-electron chi connectivity index (χ2n) is 4.72. The van der Waals surface area contributed by atoms with Crippen LogP contribution in [0.15, 0.2) is 48.5 Å². The quantitative estimate of drug-likeness (QED) is 0.918. The van der Waals surface area contributed by atoms with Gasteiger partial charge in [-0.2, -0.15) is 0 Å². The van der Waals surface area contributed by atoms with E-state index in [1.165, 1.54) is 5.56 Å². The van der Waals surface area contributed by atoms with Gasteiger partial charge in [-0.15, -0.1) is 0 Å². The standard InChI is InChI=1S/C16H17NO2S/c1-12-6-8-13(9-7-12)15-5-3-2-4-14(15)10-20(19)11-16(17)18/h2-9H,10-11H2,1H3,(H2,17,18)/t20-/m1/s1. The summed E-state index contributed by atoms with van der Waals surface area (Å²) in [5.74, 6) is -0.286. The summed E-state index contributed by atoms with van der Waals surface area (Å²) in [6, 6.07) is 16.0. The number of amides is 1. The largest absolute Gasteiger partial charge is 0.369 e. The Morgan fingerprint density at radius 3 is 2.40 bits per heavy atom. The van der Waals surface area contributed by atoms with Gasteiger partial charge in [0.05, 0.1) is 0 Å². The lowest BCUT2D eigenvalue weighted by atomic mass is 10.00. The number of aryl methyl sites for hydroxylation is 1. The van der Waals surface area contributed by atoms with Gasteiger partial charge in [-0.25, -0.2) is 0 Å². The van der Waals surface area contributed by atoms with Gasteiger partial charge >= 0.3 is 0 Å². The fourth-order valence-electron chi connectivity index (χ4n) is 2.04. The van der Waals surface area contributed by atoms with Crippen molar-refractivity contribution in [2.75, 3.05) is 5.75 Å². The van der Waals surface area contributed by atoms with Gasteiger partial charge in [0.1, 0.15) is 5.75 Å². The number of benzene rings is 2. The molecule has 0 bridgehead atoms. The minimum atomic E-state index is -1.26. The van der Waals surface area contributed by atoms with Crippen molar-refractivity contribution in [3.8, 4) is 11.1 Å². The molecule has 0 radical (unpaired) electrons. The van der Waals surface area contributed by atoms with E-state index in [1.807, 2.05) is 55.5 Å². The average Bonchev–Trinajstić information content (AvgIpc) is 2.39. The molecule has 0 unspecified atom stereocenters. The van der Waals surface area contributed by atoms with Crippen LogP contribution in [0.4, 0.5) is 0 Å². The summed E-state index contributed by atoms with van der Waals surface area (Å²) >= 11 is 0. The van der Waals surface area contributed by atoms with Crippen molar-refractivity contribution in [1.82, 2.24) is 0 Å². The van der Waals surface area contributed by atoms with E-state index in [0.717, 1.165) is 16.7 Å². The maximum Gasteiger partial charge on any atom is 0.230 e. The zero-order valence-corrected chi connectivity index (χ0v) is 12.2. The molecule has 0 saturated carbocycles. The molecule has 0 heterocycles. The van der Waals surface area contributed by atoms with Gasteiger partial charge in [-0.1, -0.05) is 54.1 Å². The molecular weight excluding hydrogens is 270 g/mol. The molecule has 0 spiro atoms. The lowest BCUT2D eigenvalue weighted by Crippen LogP contribution is -2.20. The van der Waals surface area contributed by atoms with Crippen LogP contribution >= 0.6 is 0 Å². The third-order valence-electron chi connectivity index (χ3n) is 3.00. The lowest BCUT2D eigenvalue weighted by Gasteiger charge is -2.09. The molecule has 0 aliphatic carbocycles. The molecule has 0 aliphatic heterocycles. The maximum atomic E-state index is 11.9. The Bertz CT molecular complexity index is 635. The van der Waals surface area contributed by atoms with Crippen LogP contribution in [0.1, 0.15) is 11.1 Å². The van der Waals surface area contributed by atoms with Crippen LogP contribution < -0.4 is 5.73 Å². The predicted octanol–water partition coefficient (Wildman–Crippen LogP) is 2.40. The number of carbonyl (C=O) groups excluding carboxylic acids is 1. The highest BCUT2D eigenvalue weighted by Gasteiger charge is 2.10. The Balaban J connectivity index is 2.28. The molecule has 20 heavy (non-hydrogen) atoms. The molecule has 1 atom stereocenters. The summed E-state index contributed by atoms with van der Waals surface area (Å²) in [6.45, 7) is 2.04. The molecule has 0 fully saturated rings. The number of carbonyl (C=O) groups is 1. The SMILES string of the molecule is Cc1ccc(-c2ccccc2C[S@@](=O)CC(N)=O)cc1. The summed E-state index contributed by atoms with van der Waals surface area (Å²) in [5.41, 5.74) is 9.38. The van der Waals surface area contributed by atoms with Crippen LogP contribution in [0.25, 0.3) is 11.1 Å². The first-order valence-electron chi connectivity index (χ1n) is 6.34. The number of hydrogen-bond acceptors (Lipinski definition) is 2. The summed E-state index contributed by atoms with van der Waals surface area (Å²) in [6.07, 6.45) is 0. The Morgan fingerprint density at radius 2 is 1.75 bits per heavy atom. The molecule has 0 aromatic heterocycles. The number of hydrogen-bond donors (Lipinski definition) is 1. The van der Waals surface area contributed by atoms with E-state index < -0.39 is 16.7 Å². The first-order valence-corrected chi connectivity index (χ1v) is 7.83. The molecule has 3 nitrogen and oxygen atoms in total. The molecule has 2 N–H and O–H groups in total. The van der Waals surface area contributed by atoms with Crippen molar-refractivity contribution in [3.05, 3.63) is 59.7 Å². The third kappa shape index (κ3) is 3.78. The number of rotatable bonds is 5. The Hall–Kier alpha value is -1.94. The van der Waals surface area contributed by atoms with Crippen LogP contribution in [0.5, 0.6) is 0 Å². The maximum absolute atomic E-state index is 11.9. The summed E-state index contributed by atoms with van der Waals surface area (Å²) in [4.78, 5) is 10.8. The molecule has 104 valence electrons. The van der Waals surface area contributed by atoms with Gasteiger partial charge in [0.2, 0.25) is 5.91 Å². The van der Waals surface area contributed by atoms with Crippen molar-refractivity contribution in [2.45, 2.75) is 12.7 Å². The van der Waals surface area contributed by atoms with Gasteiger partial charge in [0, 0.05) is 16.6 Å². The van der Waals surface area contributed by atoms with Crippen LogP contribution in [-0.2, 0) is 21.3 Å². The van der Waals surface area contributed by atoms with Crippen LogP contribution in [-0.4, -0.2) is 15.9 Å². The molecule has 0 aliphatic rings. The first-order chi connectivity index (χ1) is 9.56. The zero-order valence-electron chi connectivity index (χ0n) is 11.3. The van der Waals surface area contributed by atoms with Crippen molar-refractivity contribution in [1.29, 1.82) is 0 Å². The second kappa shape index (κ2) is 6.48. The molecule has 1 amide bonds. The van der Waals surface area contributed by atoms with E-state index in [9.17, 15) is 9.00 Å². The smallest absolute Gasteiger partial charge is 0.230 e. The van der Waals surface area contributed by atoms with Gasteiger partial charge in [0.15, 0.2) is 0 Å². The van der Waals surface area contributed by atoms with Crippen molar-refractivity contribution < 1.29 is 9.00 Å². The Morgan fingerprint density at radius 1 is 1.10 bits per heavy atom. The number of primary amides is 1. The Kier molecular flexibility index (Phi) is 4.69. The monoisotopic (exact) mass is 287 g/mol. The average molecular weight is 287 g/mol.